The van der Waals surface area contributed by atoms with Crippen LogP contribution in [0.15, 0.2) is 65.6 Å². The van der Waals surface area contributed by atoms with Gasteiger partial charge in [0, 0.05) is 29.1 Å². The Morgan fingerprint density at radius 3 is 2.67 bits per heavy atom. The first-order chi connectivity index (χ1) is 14.5. The molecule has 0 radical (unpaired) electrons. The SMILES string of the molecule is C=Cc1c2cc3c(c(C)c(C#N)cc3c1C)N(C1=C(CC)C=CC1)C1=C(C)C=CC12. The lowest BCUT2D eigenvalue weighted by Crippen LogP contribution is -2.25. The normalized spacial score (nSPS) is 19.2. The Bertz CT molecular complexity index is 1300. The first kappa shape index (κ1) is 18.7. The average Bonchev–Trinajstić information content (AvgIpc) is 3.33. The van der Waals surface area contributed by atoms with Gasteiger partial charge in [0.15, 0.2) is 0 Å². The molecule has 1 unspecified atom stereocenters. The van der Waals surface area contributed by atoms with Crippen molar-refractivity contribution < 1.29 is 0 Å². The topological polar surface area (TPSA) is 27.0 Å². The van der Waals surface area contributed by atoms with Gasteiger partial charge >= 0.3 is 0 Å². The predicted octanol–water partition coefficient (Wildman–Crippen LogP) is 7.34. The minimum atomic E-state index is 0.199. The molecule has 1 aliphatic heterocycles. The van der Waals surface area contributed by atoms with Crippen LogP contribution in [-0.4, -0.2) is 0 Å². The number of nitrogens with zero attached hydrogens (tertiary/aromatic N) is 2. The van der Waals surface area contributed by atoms with Crippen LogP contribution in [0.5, 0.6) is 0 Å². The Labute approximate surface area is 178 Å². The highest BCUT2D eigenvalue weighted by Crippen LogP contribution is 2.51. The predicted molar refractivity (Wildman–Crippen MR) is 126 cm³/mol. The van der Waals surface area contributed by atoms with Gasteiger partial charge in [-0.2, -0.15) is 5.26 Å². The first-order valence-corrected chi connectivity index (χ1v) is 10.7. The smallest absolute Gasteiger partial charge is 0.0995 e. The third-order valence-corrected chi connectivity index (χ3v) is 7.03. The number of aryl methyl sites for hydroxylation is 1. The van der Waals surface area contributed by atoms with Crippen LogP contribution in [0.1, 0.15) is 60.4 Å². The van der Waals surface area contributed by atoms with Gasteiger partial charge in [0.2, 0.25) is 0 Å². The lowest BCUT2D eigenvalue weighted by Gasteiger charge is -2.33. The maximum Gasteiger partial charge on any atom is 0.0995 e. The van der Waals surface area contributed by atoms with Crippen molar-refractivity contribution in [2.24, 2.45) is 0 Å². The van der Waals surface area contributed by atoms with Crippen LogP contribution in [0.3, 0.4) is 0 Å². The van der Waals surface area contributed by atoms with Crippen LogP contribution >= 0.6 is 0 Å². The molecule has 5 rings (SSSR count). The van der Waals surface area contributed by atoms with E-state index in [4.69, 9.17) is 0 Å². The van der Waals surface area contributed by atoms with Gasteiger partial charge in [-0.15, -0.1) is 0 Å². The molecule has 30 heavy (non-hydrogen) atoms. The summed E-state index contributed by atoms with van der Waals surface area (Å²) in [6.45, 7) is 12.8. The molecule has 1 atom stereocenters. The quantitative estimate of drug-likeness (QED) is 0.548. The summed E-state index contributed by atoms with van der Waals surface area (Å²) in [5.74, 6) is 0.199. The van der Waals surface area contributed by atoms with Gasteiger partial charge in [0.25, 0.3) is 0 Å². The molecule has 0 saturated carbocycles. The van der Waals surface area contributed by atoms with Crippen LogP contribution in [0.4, 0.5) is 5.69 Å². The molecule has 0 amide bonds. The van der Waals surface area contributed by atoms with E-state index in [1.165, 1.54) is 50.3 Å². The molecule has 2 bridgehead atoms. The van der Waals surface area contributed by atoms with E-state index in [9.17, 15) is 5.26 Å². The third-order valence-electron chi connectivity index (χ3n) is 7.03. The first-order valence-electron chi connectivity index (χ1n) is 10.7. The van der Waals surface area contributed by atoms with Gasteiger partial charge in [-0.05, 0) is 78.1 Å². The number of fused-ring (bicyclic) bond motifs is 3. The van der Waals surface area contributed by atoms with Gasteiger partial charge in [0.05, 0.1) is 17.3 Å². The second-order valence-corrected chi connectivity index (χ2v) is 8.49. The summed E-state index contributed by atoms with van der Waals surface area (Å²) in [6, 6.07) is 6.88. The second-order valence-electron chi connectivity index (χ2n) is 8.49. The van der Waals surface area contributed by atoms with Crippen molar-refractivity contribution in [3.8, 4) is 6.07 Å². The average molecular weight is 391 g/mol. The molecular weight excluding hydrogens is 364 g/mol. The van der Waals surface area contributed by atoms with Gasteiger partial charge in [-0.25, -0.2) is 0 Å². The van der Waals surface area contributed by atoms with Crippen molar-refractivity contribution in [1.82, 2.24) is 0 Å². The largest absolute Gasteiger partial charge is 0.315 e. The molecule has 2 nitrogen and oxygen atoms in total. The Balaban J connectivity index is 1.99. The molecule has 2 aliphatic carbocycles. The van der Waals surface area contributed by atoms with Gasteiger partial charge < -0.3 is 4.90 Å². The molecule has 2 aromatic rings. The minimum absolute atomic E-state index is 0.199. The Hall–Kier alpha value is -3.31. The Morgan fingerprint density at radius 1 is 1.17 bits per heavy atom. The van der Waals surface area contributed by atoms with E-state index in [0.717, 1.165) is 29.4 Å². The highest BCUT2D eigenvalue weighted by Gasteiger charge is 2.36. The lowest BCUT2D eigenvalue weighted by atomic mass is 9.87. The summed E-state index contributed by atoms with van der Waals surface area (Å²) in [5, 5.41) is 12.3. The molecule has 1 heterocycles. The van der Waals surface area contributed by atoms with Crippen LogP contribution in [0, 0.1) is 25.2 Å². The van der Waals surface area contributed by atoms with E-state index in [1.807, 2.05) is 6.08 Å². The van der Waals surface area contributed by atoms with Crippen molar-refractivity contribution >= 4 is 22.5 Å². The molecule has 2 heteroatoms. The van der Waals surface area contributed by atoms with Gasteiger partial charge in [0.1, 0.15) is 0 Å². The van der Waals surface area contributed by atoms with E-state index in [2.05, 4.69) is 81.7 Å². The molecule has 2 aromatic carbocycles. The summed E-state index contributed by atoms with van der Waals surface area (Å²) in [6.07, 6.45) is 13.0. The summed E-state index contributed by atoms with van der Waals surface area (Å²) in [4.78, 5) is 2.50. The fourth-order valence-corrected chi connectivity index (χ4v) is 5.50. The molecule has 3 aliphatic rings. The lowest BCUT2D eigenvalue weighted by molar-refractivity contribution is 0.893. The highest BCUT2D eigenvalue weighted by atomic mass is 15.2. The molecule has 0 aromatic heterocycles. The van der Waals surface area contributed by atoms with E-state index >= 15 is 0 Å². The Kier molecular flexibility index (Phi) is 4.12. The zero-order valence-electron chi connectivity index (χ0n) is 18.1. The van der Waals surface area contributed by atoms with Gasteiger partial charge in [-0.1, -0.05) is 43.9 Å². The number of hydrogen-bond donors (Lipinski definition) is 0. The minimum Gasteiger partial charge on any atom is -0.315 e. The fraction of sp³-hybridized carbons (Fsp3) is 0.250. The van der Waals surface area contributed by atoms with Crippen molar-refractivity contribution in [1.29, 1.82) is 5.26 Å². The highest BCUT2D eigenvalue weighted by molar-refractivity contribution is 6.04. The number of rotatable bonds is 3. The van der Waals surface area contributed by atoms with Crippen LogP contribution < -0.4 is 4.90 Å². The van der Waals surface area contributed by atoms with Crippen LogP contribution in [0.2, 0.25) is 0 Å². The standard InChI is InChI=1S/C28H26N2/c1-6-19-9-8-10-26(19)30-27-16(3)11-12-22(27)24-14-25-23(18(5)21(24)7-2)13-20(15-29)17(4)28(25)30/h7-9,11-14,22H,2,6,10H2,1,3-5H3. The molecule has 0 fully saturated rings. The van der Waals surface area contributed by atoms with Crippen molar-refractivity contribution in [2.45, 2.75) is 46.5 Å². The van der Waals surface area contributed by atoms with Gasteiger partial charge in [-0.3, -0.25) is 0 Å². The number of allylic oxidation sites excluding steroid dienone is 6. The van der Waals surface area contributed by atoms with E-state index in [-0.39, 0.29) is 5.92 Å². The maximum atomic E-state index is 9.95. The molecule has 0 saturated heterocycles. The molecule has 0 N–H and O–H groups in total. The summed E-state index contributed by atoms with van der Waals surface area (Å²) in [7, 11) is 0. The summed E-state index contributed by atoms with van der Waals surface area (Å²) >= 11 is 0. The zero-order chi connectivity index (χ0) is 21.2. The van der Waals surface area contributed by atoms with E-state index < -0.39 is 0 Å². The number of benzene rings is 2. The molecule has 148 valence electrons. The fourth-order valence-electron chi connectivity index (χ4n) is 5.50. The summed E-state index contributed by atoms with van der Waals surface area (Å²) < 4.78 is 0. The summed E-state index contributed by atoms with van der Waals surface area (Å²) in [5.41, 5.74) is 12.0. The van der Waals surface area contributed by atoms with Crippen molar-refractivity contribution in [2.75, 3.05) is 4.90 Å². The Morgan fingerprint density at radius 2 is 1.97 bits per heavy atom. The zero-order valence-corrected chi connectivity index (χ0v) is 18.1. The van der Waals surface area contributed by atoms with E-state index in [1.54, 1.807) is 0 Å². The maximum absolute atomic E-state index is 9.95. The van der Waals surface area contributed by atoms with Crippen LogP contribution in [0.25, 0.3) is 16.8 Å². The molecular formula is C28H26N2. The number of nitriles is 1. The number of hydrogen-bond acceptors (Lipinski definition) is 2. The van der Waals surface area contributed by atoms with Crippen molar-refractivity contribution in [3.05, 3.63) is 93.4 Å². The molecule has 0 spiro atoms. The van der Waals surface area contributed by atoms with E-state index in [0.29, 0.717) is 0 Å². The monoisotopic (exact) mass is 390 g/mol. The van der Waals surface area contributed by atoms with Crippen molar-refractivity contribution in [3.63, 3.8) is 0 Å². The number of anilines is 1. The second kappa shape index (κ2) is 6.61. The van der Waals surface area contributed by atoms with Crippen LogP contribution in [-0.2, 0) is 0 Å². The third kappa shape index (κ3) is 2.30.